The molecule has 86 valence electrons. The Morgan fingerprint density at radius 2 is 2.13 bits per heavy atom. The average Bonchev–Trinajstić information content (AvgIpc) is 2.18. The van der Waals surface area contributed by atoms with E-state index < -0.39 is 6.10 Å². The van der Waals surface area contributed by atoms with E-state index in [2.05, 4.69) is 12.2 Å². The van der Waals surface area contributed by atoms with E-state index in [0.29, 0.717) is 6.54 Å². The summed E-state index contributed by atoms with van der Waals surface area (Å²) < 4.78 is 0. The number of nitrogens with two attached hydrogens (primary N) is 1. The predicted molar refractivity (Wildman–Crippen MR) is 55.0 cm³/mol. The van der Waals surface area contributed by atoms with Gasteiger partial charge in [-0.1, -0.05) is 19.1 Å². The van der Waals surface area contributed by atoms with E-state index in [4.69, 9.17) is 0 Å². The number of hydrogen-bond donors (Lipinski definition) is 3. The normalized spacial score (nSPS) is 11.9. The summed E-state index contributed by atoms with van der Waals surface area (Å²) in [4.78, 5) is 0. The van der Waals surface area contributed by atoms with Gasteiger partial charge in [-0.05, 0) is 24.1 Å². The van der Waals surface area contributed by atoms with Crippen LogP contribution in [0, 0.1) is 0 Å². The molecule has 0 saturated heterocycles. The highest BCUT2D eigenvalue weighted by Gasteiger charge is 2.08. The summed E-state index contributed by atoms with van der Waals surface area (Å²) >= 11 is 0. The molecule has 15 heavy (non-hydrogen) atoms. The van der Waals surface area contributed by atoms with Gasteiger partial charge in [-0.25, -0.2) is 0 Å². The molecule has 0 aliphatic carbocycles. The van der Waals surface area contributed by atoms with Crippen LogP contribution in [0.25, 0.3) is 0 Å². The van der Waals surface area contributed by atoms with Gasteiger partial charge in [0.15, 0.2) is 0 Å². The molecule has 0 aromatic heterocycles. The quantitative estimate of drug-likeness (QED) is 0.487. The molecule has 4 N–H and O–H groups in total. The molecule has 1 unspecified atom stereocenters. The highest BCUT2D eigenvalue weighted by molar-refractivity contribution is 5.28. The molecular weight excluding hydrogens is 214 g/mol. The van der Waals surface area contributed by atoms with Gasteiger partial charge in [0.25, 0.3) is 0 Å². The molecule has 0 spiro atoms. The smallest absolute Gasteiger partial charge is 0.128 e. The van der Waals surface area contributed by atoms with Gasteiger partial charge >= 0.3 is 0 Å². The largest absolute Gasteiger partial charge is 1.00 e. The molecule has 0 radical (unpaired) electrons. The predicted octanol–water partition coefficient (Wildman–Crippen LogP) is -2.60. The van der Waals surface area contributed by atoms with Crippen molar-refractivity contribution < 1.29 is 27.9 Å². The number of aliphatic hydroxyl groups is 1. The van der Waals surface area contributed by atoms with Crippen LogP contribution in [0.1, 0.15) is 25.0 Å². The van der Waals surface area contributed by atoms with Crippen molar-refractivity contribution in [1.29, 1.82) is 0 Å². The molecule has 1 aromatic rings. The molecule has 0 saturated carbocycles. The number of phenolic OH excluding ortho intramolecular Hbond substituents is 1. The third kappa shape index (κ3) is 5.02. The summed E-state index contributed by atoms with van der Waals surface area (Å²) in [7, 11) is 0. The maximum absolute atomic E-state index is 9.73. The first-order chi connectivity index (χ1) is 6.74. The highest BCUT2D eigenvalue weighted by atomic mass is 35.5. The molecule has 1 aromatic carbocycles. The Balaban J connectivity index is 0.00000196. The van der Waals surface area contributed by atoms with E-state index in [1.165, 1.54) is 0 Å². The Bertz CT molecular complexity index is 281. The molecule has 1 rings (SSSR count). The van der Waals surface area contributed by atoms with Crippen LogP contribution in [0.5, 0.6) is 5.75 Å². The molecule has 0 heterocycles. The zero-order chi connectivity index (χ0) is 10.4. The second kappa shape index (κ2) is 7.51. The highest BCUT2D eigenvalue weighted by Crippen LogP contribution is 2.16. The first-order valence-corrected chi connectivity index (χ1v) is 5.02. The standard InChI is InChI=1S/C11H17NO2.ClH/c1-2-6-12-8-11(14)9-4-3-5-10(13)7-9;/h3-5,7,11-14H,2,6,8H2,1H3;1H. The van der Waals surface area contributed by atoms with Crippen molar-refractivity contribution in [1.82, 2.24) is 0 Å². The molecule has 3 nitrogen and oxygen atoms in total. The summed E-state index contributed by atoms with van der Waals surface area (Å²) in [5.41, 5.74) is 0.775. The van der Waals surface area contributed by atoms with Crippen molar-refractivity contribution >= 4 is 0 Å². The van der Waals surface area contributed by atoms with Crippen molar-refractivity contribution in [2.45, 2.75) is 19.4 Å². The van der Waals surface area contributed by atoms with Gasteiger partial charge in [0.2, 0.25) is 0 Å². The number of benzene rings is 1. The first kappa shape index (κ1) is 14.2. The minimum atomic E-state index is -0.492. The molecule has 0 bridgehead atoms. The van der Waals surface area contributed by atoms with Crippen LogP contribution in [0.4, 0.5) is 0 Å². The van der Waals surface area contributed by atoms with Crippen LogP contribution in [-0.2, 0) is 0 Å². The van der Waals surface area contributed by atoms with Crippen LogP contribution in [0.3, 0.4) is 0 Å². The van der Waals surface area contributed by atoms with Crippen LogP contribution >= 0.6 is 0 Å². The number of hydrogen-bond acceptors (Lipinski definition) is 2. The lowest BCUT2D eigenvalue weighted by Gasteiger charge is -2.09. The number of quaternary nitrogens is 1. The van der Waals surface area contributed by atoms with Crippen molar-refractivity contribution in [3.05, 3.63) is 29.8 Å². The monoisotopic (exact) mass is 231 g/mol. The second-order valence-corrected chi connectivity index (χ2v) is 3.42. The van der Waals surface area contributed by atoms with Crippen LogP contribution in [0.2, 0.25) is 0 Å². The van der Waals surface area contributed by atoms with Gasteiger partial charge in [0.1, 0.15) is 18.4 Å². The van der Waals surface area contributed by atoms with Crippen LogP contribution in [0.15, 0.2) is 24.3 Å². The zero-order valence-electron chi connectivity index (χ0n) is 8.86. The van der Waals surface area contributed by atoms with Crippen molar-refractivity contribution in [2.24, 2.45) is 0 Å². The Labute approximate surface area is 96.5 Å². The fourth-order valence-corrected chi connectivity index (χ4v) is 1.35. The van der Waals surface area contributed by atoms with Gasteiger partial charge in [-0.2, -0.15) is 0 Å². The Hall–Kier alpha value is -0.770. The molecule has 0 fully saturated rings. The Morgan fingerprint density at radius 1 is 1.40 bits per heavy atom. The van der Waals surface area contributed by atoms with Gasteiger partial charge in [0.05, 0.1) is 6.54 Å². The lowest BCUT2D eigenvalue weighted by Crippen LogP contribution is -3.00. The van der Waals surface area contributed by atoms with Gasteiger partial charge in [0, 0.05) is 0 Å². The summed E-state index contributed by atoms with van der Waals surface area (Å²) in [6.45, 7) is 3.78. The third-order valence-corrected chi connectivity index (χ3v) is 2.14. The minimum absolute atomic E-state index is 0. The average molecular weight is 232 g/mol. The third-order valence-electron chi connectivity index (χ3n) is 2.14. The van der Waals surface area contributed by atoms with Crippen molar-refractivity contribution in [3.63, 3.8) is 0 Å². The fourth-order valence-electron chi connectivity index (χ4n) is 1.35. The lowest BCUT2D eigenvalue weighted by atomic mass is 10.1. The van der Waals surface area contributed by atoms with Gasteiger partial charge in [-0.3, -0.25) is 0 Å². The summed E-state index contributed by atoms with van der Waals surface area (Å²) in [6, 6.07) is 6.77. The topological polar surface area (TPSA) is 57.1 Å². The van der Waals surface area contributed by atoms with Crippen molar-refractivity contribution in [3.8, 4) is 5.75 Å². The number of rotatable bonds is 5. The number of halogens is 1. The van der Waals surface area contributed by atoms with Gasteiger partial charge < -0.3 is 27.9 Å². The molecule has 0 amide bonds. The first-order valence-electron chi connectivity index (χ1n) is 5.02. The zero-order valence-corrected chi connectivity index (χ0v) is 9.61. The van der Waals surface area contributed by atoms with E-state index in [-0.39, 0.29) is 18.2 Å². The SMILES string of the molecule is CCC[NH2+]CC(O)c1cccc(O)c1.[Cl-]. The van der Waals surface area contributed by atoms with E-state index in [0.717, 1.165) is 18.5 Å². The van der Waals surface area contributed by atoms with Gasteiger partial charge in [-0.15, -0.1) is 0 Å². The summed E-state index contributed by atoms with van der Waals surface area (Å²) in [5, 5.41) is 21.0. The molecule has 4 heteroatoms. The van der Waals surface area contributed by atoms with E-state index in [9.17, 15) is 10.2 Å². The maximum Gasteiger partial charge on any atom is 0.128 e. The molecular formula is C11H18ClNO2. The van der Waals surface area contributed by atoms with Crippen molar-refractivity contribution in [2.75, 3.05) is 13.1 Å². The summed E-state index contributed by atoms with van der Waals surface area (Å²) in [6.07, 6.45) is 0.612. The second-order valence-electron chi connectivity index (χ2n) is 3.42. The molecule has 0 aliphatic heterocycles. The Morgan fingerprint density at radius 3 is 2.73 bits per heavy atom. The number of aromatic hydroxyl groups is 1. The molecule has 0 aliphatic rings. The fraction of sp³-hybridized carbons (Fsp3) is 0.455. The number of phenols is 1. The molecule has 1 atom stereocenters. The Kier molecular flexibility index (Phi) is 7.13. The summed E-state index contributed by atoms with van der Waals surface area (Å²) in [5.74, 6) is 0.206. The van der Waals surface area contributed by atoms with Crippen LogP contribution in [-0.4, -0.2) is 23.3 Å². The van der Waals surface area contributed by atoms with Crippen LogP contribution < -0.4 is 17.7 Å². The maximum atomic E-state index is 9.73. The van der Waals surface area contributed by atoms with E-state index in [1.807, 2.05) is 6.07 Å². The minimum Gasteiger partial charge on any atom is -1.00 e. The van der Waals surface area contributed by atoms with E-state index >= 15 is 0 Å². The van der Waals surface area contributed by atoms with E-state index in [1.54, 1.807) is 18.2 Å². The number of aliphatic hydroxyl groups excluding tert-OH is 1. The lowest BCUT2D eigenvalue weighted by molar-refractivity contribution is -0.661.